The molecular formula is C18H18N6O. The minimum absolute atomic E-state index is 0.0767. The Bertz CT molecular complexity index is 1070. The van der Waals surface area contributed by atoms with Crippen LogP contribution in [0.15, 0.2) is 35.0 Å². The number of benzene rings is 1. The van der Waals surface area contributed by atoms with E-state index in [-0.39, 0.29) is 6.04 Å². The summed E-state index contributed by atoms with van der Waals surface area (Å²) in [5.74, 6) is 2.58. The van der Waals surface area contributed by atoms with Crippen molar-refractivity contribution >= 4 is 27.9 Å². The van der Waals surface area contributed by atoms with Gasteiger partial charge < -0.3 is 9.73 Å². The molecule has 25 heavy (non-hydrogen) atoms. The molecule has 0 bridgehead atoms. The minimum Gasteiger partial charge on any atom is -0.450 e. The summed E-state index contributed by atoms with van der Waals surface area (Å²) in [4.78, 5) is 13.5. The normalized spacial score (nSPS) is 17.1. The Balaban J connectivity index is 1.58. The molecule has 1 N–H and O–H groups in total. The lowest BCUT2D eigenvalue weighted by atomic mass is 10.1. The third kappa shape index (κ3) is 2.26. The molecule has 7 heteroatoms. The first-order valence-corrected chi connectivity index (χ1v) is 8.66. The van der Waals surface area contributed by atoms with E-state index in [1.54, 1.807) is 6.33 Å². The standard InChI is InChI=1S/C18H18N6O/c1-2-14-22-18-12(7-5-9-24(18)23-14)21-17-16-15(19-10-20-17)11-6-3-4-8-13(11)25-16/h3-4,6,8,10,12H,2,5,7,9H2,1H3,(H,19,20,21). The van der Waals surface area contributed by atoms with Crippen molar-refractivity contribution in [2.75, 3.05) is 5.32 Å². The Morgan fingerprint density at radius 3 is 3.12 bits per heavy atom. The molecule has 4 aromatic rings. The molecule has 0 fully saturated rings. The second kappa shape index (κ2) is 5.54. The number of nitrogens with zero attached hydrogens (tertiary/aromatic N) is 5. The van der Waals surface area contributed by atoms with E-state index in [2.05, 4.69) is 32.3 Å². The van der Waals surface area contributed by atoms with Crippen molar-refractivity contribution in [3.63, 3.8) is 0 Å². The first kappa shape index (κ1) is 14.4. The van der Waals surface area contributed by atoms with Gasteiger partial charge in [-0.3, -0.25) is 0 Å². The summed E-state index contributed by atoms with van der Waals surface area (Å²) in [5.41, 5.74) is 2.34. The zero-order chi connectivity index (χ0) is 16.8. The predicted molar refractivity (Wildman–Crippen MR) is 94.3 cm³/mol. The number of nitrogens with one attached hydrogen (secondary N) is 1. The van der Waals surface area contributed by atoms with Crippen molar-refractivity contribution in [3.8, 4) is 0 Å². The predicted octanol–water partition coefficient (Wildman–Crippen LogP) is 3.48. The number of aryl methyl sites for hydroxylation is 2. The van der Waals surface area contributed by atoms with Crippen LogP contribution in [0.1, 0.15) is 37.5 Å². The smallest absolute Gasteiger partial charge is 0.196 e. The lowest BCUT2D eigenvalue weighted by Gasteiger charge is -2.23. The monoisotopic (exact) mass is 334 g/mol. The van der Waals surface area contributed by atoms with Gasteiger partial charge in [-0.25, -0.2) is 19.6 Å². The number of hydrogen-bond donors (Lipinski definition) is 1. The molecule has 0 spiro atoms. The fraction of sp³-hybridized carbons (Fsp3) is 0.333. The SMILES string of the molecule is CCc1nc2n(n1)CCCC2Nc1ncnc2c1oc1ccccc12. The van der Waals surface area contributed by atoms with Crippen molar-refractivity contribution in [1.82, 2.24) is 24.7 Å². The summed E-state index contributed by atoms with van der Waals surface area (Å²) < 4.78 is 8.02. The van der Waals surface area contributed by atoms with Gasteiger partial charge in [0.05, 0.1) is 6.04 Å². The number of hydrogen-bond acceptors (Lipinski definition) is 6. The van der Waals surface area contributed by atoms with Gasteiger partial charge in [0.1, 0.15) is 23.3 Å². The summed E-state index contributed by atoms with van der Waals surface area (Å²) in [5, 5.41) is 9.08. The van der Waals surface area contributed by atoms with Crippen LogP contribution in [0, 0.1) is 0 Å². The maximum Gasteiger partial charge on any atom is 0.196 e. The van der Waals surface area contributed by atoms with Crippen LogP contribution in [0.25, 0.3) is 22.1 Å². The van der Waals surface area contributed by atoms with Crippen molar-refractivity contribution in [2.24, 2.45) is 0 Å². The van der Waals surface area contributed by atoms with E-state index >= 15 is 0 Å². The molecule has 126 valence electrons. The molecule has 1 unspecified atom stereocenters. The van der Waals surface area contributed by atoms with Crippen LogP contribution in [-0.4, -0.2) is 24.7 Å². The number of anilines is 1. The van der Waals surface area contributed by atoms with E-state index in [1.807, 2.05) is 28.9 Å². The molecule has 7 nitrogen and oxygen atoms in total. The average molecular weight is 334 g/mol. The lowest BCUT2D eigenvalue weighted by molar-refractivity contribution is 0.436. The Kier molecular flexibility index (Phi) is 3.19. The molecule has 1 aromatic carbocycles. The third-order valence-electron chi connectivity index (χ3n) is 4.70. The highest BCUT2D eigenvalue weighted by molar-refractivity contribution is 6.05. The minimum atomic E-state index is 0.0767. The number of para-hydroxylation sites is 1. The zero-order valence-corrected chi connectivity index (χ0v) is 13.9. The molecule has 0 saturated heterocycles. The topological polar surface area (TPSA) is 81.7 Å². The molecule has 4 heterocycles. The zero-order valence-electron chi connectivity index (χ0n) is 13.9. The molecule has 0 aliphatic carbocycles. The Hall–Kier alpha value is -2.96. The summed E-state index contributed by atoms with van der Waals surface area (Å²) in [6.07, 6.45) is 4.48. The molecule has 5 rings (SSSR count). The molecule has 0 amide bonds. The van der Waals surface area contributed by atoms with Crippen LogP contribution in [0.5, 0.6) is 0 Å². The molecule has 1 aliphatic heterocycles. The van der Waals surface area contributed by atoms with Crippen LogP contribution in [0.4, 0.5) is 5.82 Å². The van der Waals surface area contributed by atoms with E-state index in [9.17, 15) is 0 Å². The maximum atomic E-state index is 6.01. The van der Waals surface area contributed by atoms with Gasteiger partial charge in [-0.05, 0) is 25.0 Å². The highest BCUT2D eigenvalue weighted by Gasteiger charge is 2.25. The number of rotatable bonds is 3. The average Bonchev–Trinajstić information content (AvgIpc) is 3.24. The molecule has 1 atom stereocenters. The van der Waals surface area contributed by atoms with E-state index in [0.29, 0.717) is 11.4 Å². The quantitative estimate of drug-likeness (QED) is 0.618. The van der Waals surface area contributed by atoms with Gasteiger partial charge in [-0.15, -0.1) is 0 Å². The van der Waals surface area contributed by atoms with Crippen LogP contribution >= 0.6 is 0 Å². The molecule has 0 saturated carbocycles. The number of furan rings is 1. The first-order chi connectivity index (χ1) is 12.3. The summed E-state index contributed by atoms with van der Waals surface area (Å²) in [6.45, 7) is 3.00. The van der Waals surface area contributed by atoms with Gasteiger partial charge in [0.2, 0.25) is 0 Å². The van der Waals surface area contributed by atoms with Gasteiger partial charge in [0.25, 0.3) is 0 Å². The van der Waals surface area contributed by atoms with Crippen molar-refractivity contribution in [2.45, 2.75) is 38.8 Å². The van der Waals surface area contributed by atoms with Crippen LogP contribution in [0.2, 0.25) is 0 Å². The van der Waals surface area contributed by atoms with Crippen molar-refractivity contribution < 1.29 is 4.42 Å². The Morgan fingerprint density at radius 2 is 2.20 bits per heavy atom. The summed E-state index contributed by atoms with van der Waals surface area (Å²) >= 11 is 0. The fourth-order valence-electron chi connectivity index (χ4n) is 3.48. The Labute approximate surface area is 144 Å². The van der Waals surface area contributed by atoms with Gasteiger partial charge in [0.15, 0.2) is 17.2 Å². The maximum absolute atomic E-state index is 6.01. The number of fused-ring (bicyclic) bond motifs is 4. The highest BCUT2D eigenvalue weighted by atomic mass is 16.3. The van der Waals surface area contributed by atoms with E-state index in [0.717, 1.165) is 53.9 Å². The van der Waals surface area contributed by atoms with Crippen LogP contribution in [-0.2, 0) is 13.0 Å². The van der Waals surface area contributed by atoms with Gasteiger partial charge in [-0.2, -0.15) is 5.10 Å². The molecular weight excluding hydrogens is 316 g/mol. The second-order valence-electron chi connectivity index (χ2n) is 6.30. The van der Waals surface area contributed by atoms with Gasteiger partial charge in [-0.1, -0.05) is 19.1 Å². The summed E-state index contributed by atoms with van der Waals surface area (Å²) in [6, 6.07) is 7.99. The second-order valence-corrected chi connectivity index (χ2v) is 6.30. The van der Waals surface area contributed by atoms with E-state index in [1.165, 1.54) is 0 Å². The van der Waals surface area contributed by atoms with Crippen molar-refractivity contribution in [1.29, 1.82) is 0 Å². The van der Waals surface area contributed by atoms with Crippen LogP contribution in [0.3, 0.4) is 0 Å². The first-order valence-electron chi connectivity index (χ1n) is 8.66. The summed E-state index contributed by atoms with van der Waals surface area (Å²) in [7, 11) is 0. The van der Waals surface area contributed by atoms with Gasteiger partial charge in [0, 0.05) is 18.4 Å². The van der Waals surface area contributed by atoms with E-state index in [4.69, 9.17) is 4.42 Å². The molecule has 1 aliphatic rings. The van der Waals surface area contributed by atoms with Crippen LogP contribution < -0.4 is 5.32 Å². The molecule has 0 radical (unpaired) electrons. The van der Waals surface area contributed by atoms with Gasteiger partial charge >= 0.3 is 0 Å². The highest BCUT2D eigenvalue weighted by Crippen LogP contribution is 2.33. The lowest BCUT2D eigenvalue weighted by Crippen LogP contribution is -2.23. The van der Waals surface area contributed by atoms with Crippen molar-refractivity contribution in [3.05, 3.63) is 42.2 Å². The Morgan fingerprint density at radius 1 is 1.28 bits per heavy atom. The molecule has 3 aromatic heterocycles. The number of aromatic nitrogens is 5. The van der Waals surface area contributed by atoms with E-state index < -0.39 is 0 Å². The largest absolute Gasteiger partial charge is 0.450 e. The fourth-order valence-corrected chi connectivity index (χ4v) is 3.48. The third-order valence-corrected chi connectivity index (χ3v) is 4.70.